The van der Waals surface area contributed by atoms with Gasteiger partial charge in [-0.25, -0.2) is 0 Å². The molecule has 0 amide bonds. The van der Waals surface area contributed by atoms with Gasteiger partial charge < -0.3 is 14.2 Å². The highest BCUT2D eigenvalue weighted by molar-refractivity contribution is 5.53. The maximum Gasteiger partial charge on any atom is 0.123 e. The molecule has 0 aromatic heterocycles. The number of hydrogen-bond acceptors (Lipinski definition) is 3. The van der Waals surface area contributed by atoms with E-state index in [9.17, 15) is 0 Å². The molecule has 0 aliphatic rings. The average Bonchev–Trinajstić information content (AvgIpc) is 2.29. The van der Waals surface area contributed by atoms with Gasteiger partial charge in [0.1, 0.15) is 11.5 Å². The van der Waals surface area contributed by atoms with Crippen LogP contribution < -0.4 is 9.47 Å². The van der Waals surface area contributed by atoms with Crippen LogP contribution in [0, 0.1) is 0 Å². The molecule has 1 rings (SSSR count). The van der Waals surface area contributed by atoms with Crippen molar-refractivity contribution in [1.82, 2.24) is 0 Å². The Balaban J connectivity index is 0.000000583. The van der Waals surface area contributed by atoms with E-state index in [1.807, 2.05) is 18.2 Å². The Hall–Kier alpha value is -1.48. The second-order valence-corrected chi connectivity index (χ2v) is 2.76. The molecule has 1 aromatic rings. The van der Waals surface area contributed by atoms with E-state index in [1.54, 1.807) is 34.5 Å². The Morgan fingerprint density at radius 2 is 1.33 bits per heavy atom. The Labute approximate surface area is 91.3 Å². The molecule has 84 valence electrons. The van der Waals surface area contributed by atoms with E-state index in [1.165, 1.54) is 0 Å². The summed E-state index contributed by atoms with van der Waals surface area (Å²) in [5.74, 6) is 1.56. The van der Waals surface area contributed by atoms with Crippen LogP contribution >= 0.6 is 0 Å². The van der Waals surface area contributed by atoms with E-state index in [0.717, 1.165) is 17.1 Å². The van der Waals surface area contributed by atoms with Crippen molar-refractivity contribution in [2.24, 2.45) is 0 Å². The zero-order valence-electron chi connectivity index (χ0n) is 9.74. The van der Waals surface area contributed by atoms with Crippen LogP contribution in [-0.4, -0.2) is 28.4 Å². The summed E-state index contributed by atoms with van der Waals surface area (Å²) in [5, 5.41) is 0. The zero-order chi connectivity index (χ0) is 11.7. The highest BCUT2D eigenvalue weighted by Gasteiger charge is 1.97. The third kappa shape index (κ3) is 5.08. The molecule has 0 unspecified atom stereocenters. The number of rotatable bonds is 3. The minimum Gasteiger partial charge on any atom is -0.497 e. The number of ether oxygens (including phenoxy) is 3. The van der Waals surface area contributed by atoms with Gasteiger partial charge in [0.2, 0.25) is 0 Å². The van der Waals surface area contributed by atoms with Crippen molar-refractivity contribution in [2.75, 3.05) is 28.4 Å². The van der Waals surface area contributed by atoms with Gasteiger partial charge in [0.25, 0.3) is 0 Å². The number of methoxy groups -OCH3 is 3. The molecule has 0 aliphatic carbocycles. The molecule has 0 bridgehead atoms. The molecule has 0 saturated heterocycles. The molecule has 15 heavy (non-hydrogen) atoms. The Bertz CT molecular complexity index is 273. The minimum atomic E-state index is 0.782. The van der Waals surface area contributed by atoms with E-state index < -0.39 is 0 Å². The normalized spacial score (nSPS) is 8.53. The van der Waals surface area contributed by atoms with Gasteiger partial charge in [-0.3, -0.25) is 0 Å². The first-order chi connectivity index (χ1) is 7.21. The van der Waals surface area contributed by atoms with Gasteiger partial charge in [-0.2, -0.15) is 0 Å². The first-order valence-electron chi connectivity index (χ1n) is 4.47. The summed E-state index contributed by atoms with van der Waals surface area (Å²) in [6.07, 6.45) is 1.76. The molecular weight excluding hydrogens is 192 g/mol. The molecule has 0 atom stereocenters. The van der Waals surface area contributed by atoms with Gasteiger partial charge in [-0.05, 0) is 17.7 Å². The largest absolute Gasteiger partial charge is 0.497 e. The van der Waals surface area contributed by atoms with Gasteiger partial charge in [-0.15, -0.1) is 0 Å². The average molecular weight is 210 g/mol. The molecule has 0 saturated carbocycles. The fourth-order valence-electron chi connectivity index (χ4n) is 0.947. The summed E-state index contributed by atoms with van der Waals surface area (Å²) in [5.41, 5.74) is 0.992. The predicted octanol–water partition coefficient (Wildman–Crippen LogP) is 2.61. The number of hydrogen-bond donors (Lipinski definition) is 0. The molecule has 0 spiro atoms. The summed E-state index contributed by atoms with van der Waals surface area (Å²) in [6.45, 7) is 3.67. The molecule has 0 N–H and O–H groups in total. The monoisotopic (exact) mass is 210 g/mol. The lowest BCUT2D eigenvalue weighted by Crippen LogP contribution is -1.87. The van der Waals surface area contributed by atoms with Crippen molar-refractivity contribution >= 4 is 6.08 Å². The summed E-state index contributed by atoms with van der Waals surface area (Å²) in [7, 11) is 6.50. The smallest absolute Gasteiger partial charge is 0.123 e. The summed E-state index contributed by atoms with van der Waals surface area (Å²) < 4.78 is 14.4. The molecule has 3 nitrogen and oxygen atoms in total. The fraction of sp³-hybridized carbons (Fsp3) is 0.333. The van der Waals surface area contributed by atoms with Crippen molar-refractivity contribution in [3.63, 3.8) is 0 Å². The van der Waals surface area contributed by atoms with E-state index >= 15 is 0 Å². The molecular formula is C12H18O3. The van der Waals surface area contributed by atoms with Crippen LogP contribution in [0.2, 0.25) is 0 Å². The molecule has 0 heterocycles. The maximum atomic E-state index is 5.07. The molecule has 3 heteroatoms. The van der Waals surface area contributed by atoms with Crippen molar-refractivity contribution in [3.05, 3.63) is 30.3 Å². The van der Waals surface area contributed by atoms with Gasteiger partial charge in [-0.1, -0.05) is 12.7 Å². The highest BCUT2D eigenvalue weighted by Crippen LogP contribution is 2.22. The van der Waals surface area contributed by atoms with Gasteiger partial charge in [0.05, 0.1) is 14.2 Å². The van der Waals surface area contributed by atoms with E-state index in [4.69, 9.17) is 9.47 Å². The standard InChI is InChI=1S/C10H12O2.C2H6O/c1-4-8-5-9(11-2)7-10(6-8)12-3;1-3-2/h4-7H,1H2,2-3H3;1-2H3. The van der Waals surface area contributed by atoms with Crippen LogP contribution in [0.5, 0.6) is 11.5 Å². The first-order valence-corrected chi connectivity index (χ1v) is 4.47. The van der Waals surface area contributed by atoms with Crippen LogP contribution in [0.4, 0.5) is 0 Å². The predicted molar refractivity (Wildman–Crippen MR) is 62.6 cm³/mol. The second kappa shape index (κ2) is 7.88. The number of benzene rings is 1. The Morgan fingerprint density at radius 3 is 1.60 bits per heavy atom. The maximum absolute atomic E-state index is 5.07. The Morgan fingerprint density at radius 1 is 0.933 bits per heavy atom. The summed E-state index contributed by atoms with van der Waals surface area (Å²) in [6, 6.07) is 5.62. The van der Waals surface area contributed by atoms with E-state index in [0.29, 0.717) is 0 Å². The molecule has 0 fully saturated rings. The molecule has 0 aliphatic heterocycles. The van der Waals surface area contributed by atoms with Crippen LogP contribution in [0.15, 0.2) is 24.8 Å². The minimum absolute atomic E-state index is 0.782. The fourth-order valence-corrected chi connectivity index (χ4v) is 0.947. The lowest BCUT2D eigenvalue weighted by molar-refractivity contribution is 0.277. The zero-order valence-corrected chi connectivity index (χ0v) is 9.74. The SMILES string of the molecule is C=Cc1cc(OC)cc(OC)c1.COC. The highest BCUT2D eigenvalue weighted by atomic mass is 16.5. The summed E-state index contributed by atoms with van der Waals surface area (Å²) in [4.78, 5) is 0. The lowest BCUT2D eigenvalue weighted by atomic mass is 10.2. The van der Waals surface area contributed by atoms with E-state index in [2.05, 4.69) is 11.3 Å². The van der Waals surface area contributed by atoms with Crippen molar-refractivity contribution in [2.45, 2.75) is 0 Å². The van der Waals surface area contributed by atoms with Crippen LogP contribution in [0.1, 0.15) is 5.56 Å². The van der Waals surface area contributed by atoms with Crippen LogP contribution in [0.3, 0.4) is 0 Å². The van der Waals surface area contributed by atoms with Gasteiger partial charge in [0.15, 0.2) is 0 Å². The second-order valence-electron chi connectivity index (χ2n) is 2.76. The quantitative estimate of drug-likeness (QED) is 0.767. The van der Waals surface area contributed by atoms with Crippen molar-refractivity contribution in [1.29, 1.82) is 0 Å². The van der Waals surface area contributed by atoms with Gasteiger partial charge >= 0.3 is 0 Å². The van der Waals surface area contributed by atoms with Crippen molar-refractivity contribution in [3.8, 4) is 11.5 Å². The molecule has 0 radical (unpaired) electrons. The first kappa shape index (κ1) is 13.5. The van der Waals surface area contributed by atoms with Gasteiger partial charge in [0, 0.05) is 20.3 Å². The Kier molecular flexibility index (Phi) is 7.10. The van der Waals surface area contributed by atoms with Crippen LogP contribution in [0.25, 0.3) is 6.08 Å². The lowest BCUT2D eigenvalue weighted by Gasteiger charge is -2.05. The van der Waals surface area contributed by atoms with Crippen LogP contribution in [-0.2, 0) is 4.74 Å². The third-order valence-corrected chi connectivity index (χ3v) is 1.61. The third-order valence-electron chi connectivity index (χ3n) is 1.61. The molecule has 1 aromatic carbocycles. The topological polar surface area (TPSA) is 27.7 Å². The summed E-state index contributed by atoms with van der Waals surface area (Å²) >= 11 is 0. The van der Waals surface area contributed by atoms with Crippen molar-refractivity contribution < 1.29 is 14.2 Å². The van der Waals surface area contributed by atoms with E-state index in [-0.39, 0.29) is 0 Å².